The van der Waals surface area contributed by atoms with Gasteiger partial charge in [0.1, 0.15) is 0 Å². The van der Waals surface area contributed by atoms with E-state index in [1.54, 1.807) is 0 Å². The molecule has 0 aliphatic carbocycles. The van der Waals surface area contributed by atoms with Gasteiger partial charge in [0, 0.05) is 19.6 Å². The number of carbonyl (C=O) groups is 1. The van der Waals surface area contributed by atoms with Crippen molar-refractivity contribution in [1.82, 2.24) is 0 Å². The summed E-state index contributed by atoms with van der Waals surface area (Å²) in [4.78, 5) is 11.2. The molecule has 0 saturated heterocycles. The average molecular weight is 232 g/mol. The summed E-state index contributed by atoms with van der Waals surface area (Å²) in [5, 5.41) is 17.1. The first-order chi connectivity index (χ1) is 7.81. The maximum absolute atomic E-state index is 11.2. The maximum Gasteiger partial charge on any atom is 0.305 e. The molecule has 0 bridgehead atoms. The molecule has 0 spiro atoms. The molecule has 0 heterocycles. The SMILES string of the molecule is O=C(CCCCCCO)OCCCCCO. The van der Waals surface area contributed by atoms with Gasteiger partial charge in [0.25, 0.3) is 0 Å². The molecule has 0 aromatic carbocycles. The first-order valence-electron chi connectivity index (χ1n) is 6.18. The predicted molar refractivity (Wildman–Crippen MR) is 62.1 cm³/mol. The van der Waals surface area contributed by atoms with Crippen molar-refractivity contribution in [2.24, 2.45) is 0 Å². The van der Waals surface area contributed by atoms with Crippen LogP contribution in [0.1, 0.15) is 51.4 Å². The van der Waals surface area contributed by atoms with Crippen LogP contribution >= 0.6 is 0 Å². The van der Waals surface area contributed by atoms with E-state index in [0.717, 1.165) is 44.9 Å². The summed E-state index contributed by atoms with van der Waals surface area (Å²) < 4.78 is 5.03. The van der Waals surface area contributed by atoms with Crippen LogP contribution in [-0.4, -0.2) is 36.0 Å². The first kappa shape index (κ1) is 15.4. The molecule has 0 fully saturated rings. The van der Waals surface area contributed by atoms with Crippen molar-refractivity contribution in [2.75, 3.05) is 19.8 Å². The summed E-state index contributed by atoms with van der Waals surface area (Å²) in [5.41, 5.74) is 0. The zero-order valence-corrected chi connectivity index (χ0v) is 9.99. The average Bonchev–Trinajstić information content (AvgIpc) is 2.28. The number of hydrogen-bond acceptors (Lipinski definition) is 4. The van der Waals surface area contributed by atoms with E-state index in [2.05, 4.69) is 0 Å². The van der Waals surface area contributed by atoms with Crippen LogP contribution in [0.5, 0.6) is 0 Å². The molecule has 0 unspecified atom stereocenters. The minimum Gasteiger partial charge on any atom is -0.466 e. The molecule has 0 rings (SSSR count). The molecule has 4 heteroatoms. The van der Waals surface area contributed by atoms with Gasteiger partial charge in [-0.25, -0.2) is 0 Å². The number of aliphatic hydroxyl groups is 2. The Labute approximate surface area is 97.6 Å². The lowest BCUT2D eigenvalue weighted by Crippen LogP contribution is -2.05. The quantitative estimate of drug-likeness (QED) is 0.420. The molecular formula is C12H24O4. The van der Waals surface area contributed by atoms with E-state index in [1.165, 1.54) is 0 Å². The summed E-state index contributed by atoms with van der Waals surface area (Å²) in [6.07, 6.45) is 6.59. The molecular weight excluding hydrogens is 208 g/mol. The third-order valence-electron chi connectivity index (χ3n) is 2.35. The summed E-state index contributed by atoms with van der Waals surface area (Å²) in [5.74, 6) is -0.131. The highest BCUT2D eigenvalue weighted by Crippen LogP contribution is 2.04. The highest BCUT2D eigenvalue weighted by Gasteiger charge is 2.01. The Morgan fingerprint density at radius 1 is 0.812 bits per heavy atom. The van der Waals surface area contributed by atoms with Crippen LogP contribution in [0.15, 0.2) is 0 Å². The van der Waals surface area contributed by atoms with Crippen LogP contribution in [0.2, 0.25) is 0 Å². The van der Waals surface area contributed by atoms with E-state index >= 15 is 0 Å². The fraction of sp³-hybridized carbons (Fsp3) is 0.917. The molecule has 0 amide bonds. The Morgan fingerprint density at radius 2 is 1.38 bits per heavy atom. The molecule has 0 aliphatic rings. The number of esters is 1. The predicted octanol–water partition coefficient (Wildman–Crippen LogP) is 1.64. The van der Waals surface area contributed by atoms with Crippen molar-refractivity contribution in [3.8, 4) is 0 Å². The van der Waals surface area contributed by atoms with E-state index in [1.807, 2.05) is 0 Å². The number of carbonyl (C=O) groups excluding carboxylic acids is 1. The van der Waals surface area contributed by atoms with Gasteiger partial charge in [0.15, 0.2) is 0 Å². The third-order valence-corrected chi connectivity index (χ3v) is 2.35. The fourth-order valence-corrected chi connectivity index (χ4v) is 1.38. The molecule has 4 nitrogen and oxygen atoms in total. The minimum absolute atomic E-state index is 0.131. The standard InChI is InChI=1S/C12H24O4/c13-9-5-2-1-4-8-12(15)16-11-7-3-6-10-14/h13-14H,1-11H2. The number of rotatable bonds is 11. The number of hydrogen-bond donors (Lipinski definition) is 2. The van der Waals surface area contributed by atoms with Crippen LogP contribution in [0.25, 0.3) is 0 Å². The Balaban J connectivity index is 3.12. The molecule has 16 heavy (non-hydrogen) atoms. The van der Waals surface area contributed by atoms with Gasteiger partial charge in [0.2, 0.25) is 0 Å². The topological polar surface area (TPSA) is 66.8 Å². The molecule has 0 atom stereocenters. The van der Waals surface area contributed by atoms with E-state index < -0.39 is 0 Å². The van der Waals surface area contributed by atoms with Gasteiger partial charge >= 0.3 is 5.97 Å². The second-order valence-electron chi connectivity index (χ2n) is 3.89. The van der Waals surface area contributed by atoms with Gasteiger partial charge in [0.05, 0.1) is 6.61 Å². The molecule has 0 aromatic rings. The Bertz CT molecular complexity index is 143. The number of unbranched alkanes of at least 4 members (excludes halogenated alkanes) is 5. The van der Waals surface area contributed by atoms with E-state index in [9.17, 15) is 4.79 Å². The second-order valence-corrected chi connectivity index (χ2v) is 3.89. The zero-order chi connectivity index (χ0) is 12.1. The molecule has 0 aromatic heterocycles. The second kappa shape index (κ2) is 12.5. The van der Waals surface area contributed by atoms with Crippen LogP contribution < -0.4 is 0 Å². The first-order valence-corrected chi connectivity index (χ1v) is 6.18. The van der Waals surface area contributed by atoms with E-state index in [-0.39, 0.29) is 19.2 Å². The van der Waals surface area contributed by atoms with Crippen LogP contribution in [0.3, 0.4) is 0 Å². The summed E-state index contributed by atoms with van der Waals surface area (Å²) in [6.45, 7) is 0.906. The van der Waals surface area contributed by atoms with Crippen molar-refractivity contribution in [1.29, 1.82) is 0 Å². The lowest BCUT2D eigenvalue weighted by Gasteiger charge is -2.04. The lowest BCUT2D eigenvalue weighted by atomic mass is 10.1. The number of aliphatic hydroxyl groups excluding tert-OH is 2. The molecule has 0 radical (unpaired) electrons. The van der Waals surface area contributed by atoms with E-state index in [0.29, 0.717) is 13.0 Å². The van der Waals surface area contributed by atoms with Gasteiger partial charge in [-0.1, -0.05) is 12.8 Å². The van der Waals surface area contributed by atoms with Crippen molar-refractivity contribution < 1.29 is 19.7 Å². The van der Waals surface area contributed by atoms with Crippen LogP contribution in [0, 0.1) is 0 Å². The fourth-order valence-electron chi connectivity index (χ4n) is 1.38. The Morgan fingerprint density at radius 3 is 2.00 bits per heavy atom. The van der Waals surface area contributed by atoms with Crippen molar-refractivity contribution in [3.63, 3.8) is 0 Å². The largest absolute Gasteiger partial charge is 0.466 e. The van der Waals surface area contributed by atoms with Gasteiger partial charge in [-0.3, -0.25) is 4.79 Å². The molecule has 96 valence electrons. The van der Waals surface area contributed by atoms with Crippen LogP contribution in [-0.2, 0) is 9.53 Å². The minimum atomic E-state index is -0.131. The highest BCUT2D eigenvalue weighted by molar-refractivity contribution is 5.69. The molecule has 0 aliphatic heterocycles. The highest BCUT2D eigenvalue weighted by atomic mass is 16.5. The van der Waals surface area contributed by atoms with Crippen molar-refractivity contribution >= 4 is 5.97 Å². The van der Waals surface area contributed by atoms with Gasteiger partial charge in [-0.05, 0) is 32.1 Å². The normalized spacial score (nSPS) is 10.4. The van der Waals surface area contributed by atoms with Gasteiger partial charge in [-0.15, -0.1) is 0 Å². The molecule has 0 saturated carbocycles. The molecule has 2 N–H and O–H groups in total. The van der Waals surface area contributed by atoms with Crippen molar-refractivity contribution in [3.05, 3.63) is 0 Å². The summed E-state index contributed by atoms with van der Waals surface area (Å²) in [6, 6.07) is 0. The van der Waals surface area contributed by atoms with E-state index in [4.69, 9.17) is 14.9 Å². The lowest BCUT2D eigenvalue weighted by molar-refractivity contribution is -0.143. The van der Waals surface area contributed by atoms with Crippen LogP contribution in [0.4, 0.5) is 0 Å². The summed E-state index contributed by atoms with van der Waals surface area (Å²) in [7, 11) is 0. The smallest absolute Gasteiger partial charge is 0.305 e. The monoisotopic (exact) mass is 232 g/mol. The summed E-state index contributed by atoms with van der Waals surface area (Å²) >= 11 is 0. The third kappa shape index (κ3) is 11.5. The van der Waals surface area contributed by atoms with Crippen molar-refractivity contribution in [2.45, 2.75) is 51.4 Å². The van der Waals surface area contributed by atoms with Gasteiger partial charge < -0.3 is 14.9 Å². The Hall–Kier alpha value is -0.610. The van der Waals surface area contributed by atoms with Gasteiger partial charge in [-0.2, -0.15) is 0 Å². The maximum atomic E-state index is 11.2. The number of ether oxygens (including phenoxy) is 1. The Kier molecular flexibility index (Phi) is 12.0. The zero-order valence-electron chi connectivity index (χ0n) is 9.99.